The molecule has 0 atom stereocenters. The molecular weight excluding hydrogens is 366 g/mol. The first-order chi connectivity index (χ1) is 12.8. The molecule has 8 nitrogen and oxygen atoms in total. The summed E-state index contributed by atoms with van der Waals surface area (Å²) < 4.78 is 1.42. The lowest BCUT2D eigenvalue weighted by atomic mass is 10.0. The molecule has 0 saturated carbocycles. The Morgan fingerprint density at radius 1 is 1.30 bits per heavy atom. The number of amides is 1. The van der Waals surface area contributed by atoms with Crippen molar-refractivity contribution in [3.05, 3.63) is 49.7 Å². The maximum atomic E-state index is 12.9. The second kappa shape index (κ2) is 7.43. The highest BCUT2D eigenvalue weighted by Gasteiger charge is 2.21. The Morgan fingerprint density at radius 2 is 2.04 bits per heavy atom. The van der Waals surface area contributed by atoms with Gasteiger partial charge in [0.05, 0.1) is 10.9 Å². The maximum absolute atomic E-state index is 12.9. The molecule has 3 aromatic heterocycles. The van der Waals surface area contributed by atoms with E-state index in [0.717, 1.165) is 0 Å². The van der Waals surface area contributed by atoms with Crippen LogP contribution in [0.4, 0.5) is 5.13 Å². The van der Waals surface area contributed by atoms with Gasteiger partial charge in [-0.05, 0) is 17.9 Å². The lowest BCUT2D eigenvalue weighted by Crippen LogP contribution is -2.33. The molecule has 1 amide bonds. The molecule has 0 radical (unpaired) electrons. The van der Waals surface area contributed by atoms with Crippen molar-refractivity contribution in [1.82, 2.24) is 19.5 Å². The van der Waals surface area contributed by atoms with E-state index in [0.29, 0.717) is 17.4 Å². The molecule has 0 aromatic carbocycles. The van der Waals surface area contributed by atoms with Crippen molar-refractivity contribution < 1.29 is 4.79 Å². The number of nitrogens with one attached hydrogen (secondary N) is 2. The molecule has 9 heteroatoms. The van der Waals surface area contributed by atoms with Crippen molar-refractivity contribution in [3.63, 3.8) is 0 Å². The molecule has 0 fully saturated rings. The number of nitrogens with zero attached hydrogens (tertiary/aromatic N) is 3. The van der Waals surface area contributed by atoms with Crippen LogP contribution in [-0.2, 0) is 6.54 Å². The number of rotatable bonds is 5. The van der Waals surface area contributed by atoms with Gasteiger partial charge in [-0.1, -0.05) is 27.7 Å². The molecule has 0 spiro atoms. The molecule has 0 aliphatic rings. The number of thiazole rings is 1. The largest absolute Gasteiger partial charge is 0.330 e. The van der Waals surface area contributed by atoms with Crippen molar-refractivity contribution in [2.24, 2.45) is 5.92 Å². The number of aromatic nitrogens is 4. The topological polar surface area (TPSA) is 110 Å². The molecule has 0 saturated heterocycles. The van der Waals surface area contributed by atoms with Gasteiger partial charge < -0.3 is 0 Å². The van der Waals surface area contributed by atoms with Crippen molar-refractivity contribution in [3.8, 4) is 0 Å². The smallest absolute Gasteiger partial charge is 0.298 e. The van der Waals surface area contributed by atoms with Gasteiger partial charge in [0.15, 0.2) is 10.8 Å². The van der Waals surface area contributed by atoms with Crippen LogP contribution in [0.2, 0.25) is 0 Å². The molecule has 0 bridgehead atoms. The van der Waals surface area contributed by atoms with Gasteiger partial charge in [-0.2, -0.15) is 0 Å². The number of hydrogen-bond acceptors (Lipinski definition) is 6. The van der Waals surface area contributed by atoms with Crippen LogP contribution in [0.1, 0.15) is 49.7 Å². The zero-order valence-corrected chi connectivity index (χ0v) is 16.4. The Labute approximate surface area is 159 Å². The number of carbonyl (C=O) groups excluding carboxylic acids is 1. The van der Waals surface area contributed by atoms with E-state index in [4.69, 9.17) is 0 Å². The highest BCUT2D eigenvalue weighted by molar-refractivity contribution is 7.13. The fourth-order valence-electron chi connectivity index (χ4n) is 2.75. The van der Waals surface area contributed by atoms with Crippen LogP contribution in [-0.4, -0.2) is 25.4 Å². The average molecular weight is 387 g/mol. The summed E-state index contributed by atoms with van der Waals surface area (Å²) in [5.74, 6) is -0.281. The molecule has 2 N–H and O–H groups in total. The van der Waals surface area contributed by atoms with Gasteiger partial charge in [-0.3, -0.25) is 24.5 Å². The zero-order chi connectivity index (χ0) is 19.7. The van der Waals surface area contributed by atoms with E-state index < -0.39 is 17.2 Å². The summed E-state index contributed by atoms with van der Waals surface area (Å²) in [5, 5.41) is 4.98. The molecular formula is C18H21N5O3S. The van der Waals surface area contributed by atoms with Gasteiger partial charge in [-0.15, -0.1) is 11.3 Å². The SMILES string of the molecule is CC(C)Cn1c(=O)[nH]c(=O)c2c(C(=O)Nc3nccs3)cc(C(C)C)nc21. The highest BCUT2D eigenvalue weighted by atomic mass is 32.1. The van der Waals surface area contributed by atoms with E-state index in [2.05, 4.69) is 20.3 Å². The first-order valence-corrected chi connectivity index (χ1v) is 9.54. The van der Waals surface area contributed by atoms with Gasteiger partial charge in [0.25, 0.3) is 11.5 Å². The Kier molecular flexibility index (Phi) is 5.22. The summed E-state index contributed by atoms with van der Waals surface area (Å²) in [6.07, 6.45) is 1.58. The number of fused-ring (bicyclic) bond motifs is 1. The molecule has 3 rings (SSSR count). The molecule has 0 unspecified atom stereocenters. The van der Waals surface area contributed by atoms with Gasteiger partial charge in [0.1, 0.15) is 0 Å². The second-order valence-corrected chi connectivity index (χ2v) is 7.90. The van der Waals surface area contributed by atoms with Crippen LogP contribution in [0.5, 0.6) is 0 Å². The first kappa shape index (κ1) is 19.0. The predicted molar refractivity (Wildman–Crippen MR) is 106 cm³/mol. The van der Waals surface area contributed by atoms with Gasteiger partial charge in [-0.25, -0.2) is 14.8 Å². The number of anilines is 1. The molecule has 142 valence electrons. The number of hydrogen-bond donors (Lipinski definition) is 2. The van der Waals surface area contributed by atoms with Crippen molar-refractivity contribution in [2.45, 2.75) is 40.2 Å². The third kappa shape index (κ3) is 3.82. The first-order valence-electron chi connectivity index (χ1n) is 8.66. The monoisotopic (exact) mass is 387 g/mol. The third-order valence-corrected chi connectivity index (χ3v) is 4.69. The quantitative estimate of drug-likeness (QED) is 0.699. The number of aromatic amines is 1. The normalized spacial score (nSPS) is 11.5. The lowest BCUT2D eigenvalue weighted by Gasteiger charge is -2.15. The van der Waals surface area contributed by atoms with Crippen LogP contribution < -0.4 is 16.6 Å². The Morgan fingerprint density at radius 3 is 2.63 bits per heavy atom. The Hall–Kier alpha value is -2.81. The molecule has 27 heavy (non-hydrogen) atoms. The summed E-state index contributed by atoms with van der Waals surface area (Å²) in [7, 11) is 0. The van der Waals surface area contributed by atoms with Crippen LogP contribution in [0.15, 0.2) is 27.2 Å². The summed E-state index contributed by atoms with van der Waals surface area (Å²) in [6, 6.07) is 1.61. The average Bonchev–Trinajstić information content (AvgIpc) is 3.10. The minimum absolute atomic E-state index is 0.0164. The number of carbonyl (C=O) groups is 1. The standard InChI is InChI=1S/C18H21N5O3S/c1-9(2)8-23-14-13(16(25)22-18(23)26)11(7-12(20-14)10(3)4)15(24)21-17-19-5-6-27-17/h5-7,9-10H,8H2,1-4H3,(H,19,21,24)(H,22,25,26). The minimum atomic E-state index is -0.623. The van der Waals surface area contributed by atoms with E-state index in [-0.39, 0.29) is 28.4 Å². The van der Waals surface area contributed by atoms with Crippen molar-refractivity contribution >= 4 is 33.4 Å². The van der Waals surface area contributed by atoms with Crippen LogP contribution in [0.3, 0.4) is 0 Å². The van der Waals surface area contributed by atoms with E-state index in [1.54, 1.807) is 17.6 Å². The number of pyridine rings is 1. The molecule has 3 heterocycles. The van der Waals surface area contributed by atoms with Crippen molar-refractivity contribution in [1.29, 1.82) is 0 Å². The van der Waals surface area contributed by atoms with E-state index in [9.17, 15) is 14.4 Å². The molecule has 0 aliphatic carbocycles. The summed E-state index contributed by atoms with van der Waals surface area (Å²) in [6.45, 7) is 8.19. The minimum Gasteiger partial charge on any atom is -0.298 e. The zero-order valence-electron chi connectivity index (χ0n) is 15.6. The van der Waals surface area contributed by atoms with E-state index in [1.165, 1.54) is 15.9 Å². The Balaban J connectivity index is 2.30. The Bertz CT molecular complexity index is 1100. The fraction of sp³-hybridized carbons (Fsp3) is 0.389. The van der Waals surface area contributed by atoms with E-state index >= 15 is 0 Å². The molecule has 0 aliphatic heterocycles. The highest BCUT2D eigenvalue weighted by Crippen LogP contribution is 2.21. The van der Waals surface area contributed by atoms with E-state index in [1.807, 2.05) is 27.7 Å². The van der Waals surface area contributed by atoms with Gasteiger partial charge in [0, 0.05) is 23.8 Å². The van der Waals surface area contributed by atoms with Gasteiger partial charge >= 0.3 is 5.69 Å². The van der Waals surface area contributed by atoms with Crippen LogP contribution >= 0.6 is 11.3 Å². The fourth-order valence-corrected chi connectivity index (χ4v) is 3.28. The molecule has 3 aromatic rings. The van der Waals surface area contributed by atoms with Crippen LogP contribution in [0, 0.1) is 5.92 Å². The predicted octanol–water partition coefficient (Wildman–Crippen LogP) is 2.57. The number of H-pyrrole nitrogens is 1. The second-order valence-electron chi connectivity index (χ2n) is 7.00. The summed E-state index contributed by atoms with van der Waals surface area (Å²) in [5.41, 5.74) is -0.108. The summed E-state index contributed by atoms with van der Waals surface area (Å²) in [4.78, 5) is 48.7. The third-order valence-electron chi connectivity index (χ3n) is 4.01. The van der Waals surface area contributed by atoms with Crippen LogP contribution in [0.25, 0.3) is 11.0 Å². The lowest BCUT2D eigenvalue weighted by molar-refractivity contribution is 0.102. The maximum Gasteiger partial charge on any atom is 0.330 e. The van der Waals surface area contributed by atoms with Crippen molar-refractivity contribution in [2.75, 3.05) is 5.32 Å². The van der Waals surface area contributed by atoms with Gasteiger partial charge in [0.2, 0.25) is 0 Å². The summed E-state index contributed by atoms with van der Waals surface area (Å²) >= 11 is 1.28.